The maximum absolute atomic E-state index is 11.8. The quantitative estimate of drug-likeness (QED) is 0.633. The summed E-state index contributed by atoms with van der Waals surface area (Å²) >= 11 is 4.80. The van der Waals surface area contributed by atoms with Crippen LogP contribution < -0.4 is 10.5 Å². The standard InChI is InChI=1S/C8H14N4O2S2/c1-2-3-6(8(9)15)12-16(13,14)7-4-5-10-11-7/h4-6,12H,2-3H2,1H3,(H2,9,15)(H,10,11). The molecule has 0 aromatic carbocycles. The van der Waals surface area contributed by atoms with Gasteiger partial charge < -0.3 is 5.73 Å². The van der Waals surface area contributed by atoms with E-state index < -0.39 is 16.1 Å². The van der Waals surface area contributed by atoms with Crippen molar-refractivity contribution in [3.05, 3.63) is 12.3 Å². The molecule has 1 rings (SSSR count). The van der Waals surface area contributed by atoms with Gasteiger partial charge in [-0.3, -0.25) is 5.10 Å². The molecule has 0 radical (unpaired) electrons. The van der Waals surface area contributed by atoms with Crippen molar-refractivity contribution in [2.45, 2.75) is 30.8 Å². The molecule has 0 spiro atoms. The van der Waals surface area contributed by atoms with E-state index in [1.807, 2.05) is 6.92 Å². The average molecular weight is 262 g/mol. The van der Waals surface area contributed by atoms with Crippen molar-refractivity contribution in [3.8, 4) is 0 Å². The van der Waals surface area contributed by atoms with Gasteiger partial charge in [-0.1, -0.05) is 25.6 Å². The van der Waals surface area contributed by atoms with Gasteiger partial charge in [0, 0.05) is 0 Å². The molecule has 1 heterocycles. The Morgan fingerprint density at radius 2 is 2.44 bits per heavy atom. The number of nitrogens with two attached hydrogens (primary N) is 1. The predicted octanol–water partition coefficient (Wildman–Crippen LogP) is 0.143. The van der Waals surface area contributed by atoms with Gasteiger partial charge in [-0.2, -0.15) is 9.82 Å². The molecule has 90 valence electrons. The molecule has 8 heteroatoms. The van der Waals surface area contributed by atoms with Crippen LogP contribution >= 0.6 is 12.2 Å². The fraction of sp³-hybridized carbons (Fsp3) is 0.500. The van der Waals surface area contributed by atoms with Crippen molar-refractivity contribution in [2.75, 3.05) is 0 Å². The molecule has 4 N–H and O–H groups in total. The lowest BCUT2D eigenvalue weighted by Gasteiger charge is -2.15. The van der Waals surface area contributed by atoms with Gasteiger partial charge in [0.2, 0.25) is 0 Å². The first-order valence-corrected chi connectivity index (χ1v) is 6.67. The highest BCUT2D eigenvalue weighted by molar-refractivity contribution is 7.89. The summed E-state index contributed by atoms with van der Waals surface area (Å²) in [6, 6.07) is 0.846. The van der Waals surface area contributed by atoms with Gasteiger partial charge in [-0.15, -0.1) is 0 Å². The predicted molar refractivity (Wildman–Crippen MR) is 64.4 cm³/mol. The molecule has 1 aromatic rings. The van der Waals surface area contributed by atoms with Crippen molar-refractivity contribution in [3.63, 3.8) is 0 Å². The summed E-state index contributed by atoms with van der Waals surface area (Å²) in [5, 5.41) is 5.96. The van der Waals surface area contributed by atoms with Crippen molar-refractivity contribution < 1.29 is 8.42 Å². The number of nitrogens with one attached hydrogen (secondary N) is 2. The second-order valence-electron chi connectivity index (χ2n) is 3.29. The number of thiocarbonyl (C=S) groups is 1. The Balaban J connectivity index is 2.82. The summed E-state index contributed by atoms with van der Waals surface area (Å²) in [6.07, 6.45) is 2.72. The van der Waals surface area contributed by atoms with Gasteiger partial charge in [-0.05, 0) is 12.5 Å². The fourth-order valence-electron chi connectivity index (χ4n) is 1.19. The van der Waals surface area contributed by atoms with E-state index in [-0.39, 0.29) is 10.0 Å². The number of hydrogen-bond donors (Lipinski definition) is 3. The zero-order valence-electron chi connectivity index (χ0n) is 8.80. The summed E-state index contributed by atoms with van der Waals surface area (Å²) < 4.78 is 26.0. The van der Waals surface area contributed by atoms with Crippen LogP contribution in [0.4, 0.5) is 0 Å². The summed E-state index contributed by atoms with van der Waals surface area (Å²) in [7, 11) is -3.62. The van der Waals surface area contributed by atoms with Crippen LogP contribution in [0.2, 0.25) is 0 Å². The highest BCUT2D eigenvalue weighted by Crippen LogP contribution is 2.06. The number of nitrogens with zero attached hydrogens (tertiary/aromatic N) is 1. The Bertz CT molecular complexity index is 441. The van der Waals surface area contributed by atoms with Crippen LogP contribution in [0.15, 0.2) is 17.3 Å². The average Bonchev–Trinajstić information content (AvgIpc) is 2.69. The molecule has 1 aromatic heterocycles. The van der Waals surface area contributed by atoms with Crippen molar-refractivity contribution in [2.24, 2.45) is 5.73 Å². The summed E-state index contributed by atoms with van der Waals surface area (Å²) in [5.74, 6) is 0. The number of hydrogen-bond acceptors (Lipinski definition) is 4. The zero-order chi connectivity index (χ0) is 12.2. The molecule has 0 saturated carbocycles. The Morgan fingerprint density at radius 1 is 1.75 bits per heavy atom. The number of aromatic amines is 1. The van der Waals surface area contributed by atoms with Crippen LogP contribution in [-0.4, -0.2) is 29.6 Å². The van der Waals surface area contributed by atoms with Crippen LogP contribution in [-0.2, 0) is 10.0 Å². The smallest absolute Gasteiger partial charge is 0.258 e. The van der Waals surface area contributed by atoms with Gasteiger partial charge in [0.1, 0.15) is 0 Å². The van der Waals surface area contributed by atoms with E-state index in [9.17, 15) is 8.42 Å². The van der Waals surface area contributed by atoms with Crippen LogP contribution in [0.1, 0.15) is 19.8 Å². The Hall–Kier alpha value is -0.990. The second-order valence-corrected chi connectivity index (χ2v) is 5.44. The first kappa shape index (κ1) is 13.1. The van der Waals surface area contributed by atoms with E-state index in [4.69, 9.17) is 18.0 Å². The number of sulfonamides is 1. The van der Waals surface area contributed by atoms with Crippen LogP contribution in [0, 0.1) is 0 Å². The number of rotatable bonds is 6. The number of H-pyrrole nitrogens is 1. The highest BCUT2D eigenvalue weighted by atomic mass is 32.2. The summed E-state index contributed by atoms with van der Waals surface area (Å²) in [6.45, 7) is 1.93. The third-order valence-corrected chi connectivity index (χ3v) is 3.67. The molecule has 0 bridgehead atoms. The first-order chi connectivity index (χ1) is 7.47. The molecule has 0 saturated heterocycles. The SMILES string of the molecule is CCCC(NS(=O)(=O)c1ccn[nH]1)C(N)=S. The van der Waals surface area contributed by atoms with Gasteiger partial charge in [0.25, 0.3) is 10.0 Å². The Morgan fingerprint density at radius 3 is 2.88 bits per heavy atom. The Kier molecular flexibility index (Phi) is 4.39. The van der Waals surface area contributed by atoms with Crippen LogP contribution in [0.3, 0.4) is 0 Å². The molecule has 1 unspecified atom stereocenters. The van der Waals surface area contributed by atoms with Gasteiger partial charge in [0.05, 0.1) is 17.2 Å². The molecule has 0 aliphatic carbocycles. The minimum atomic E-state index is -3.62. The highest BCUT2D eigenvalue weighted by Gasteiger charge is 2.22. The normalized spacial score (nSPS) is 13.6. The monoisotopic (exact) mass is 262 g/mol. The maximum atomic E-state index is 11.8. The number of aromatic nitrogens is 2. The van der Waals surface area contributed by atoms with Crippen molar-refractivity contribution in [1.82, 2.24) is 14.9 Å². The van der Waals surface area contributed by atoms with Crippen molar-refractivity contribution in [1.29, 1.82) is 0 Å². The molecule has 0 amide bonds. The van der Waals surface area contributed by atoms with E-state index in [1.165, 1.54) is 12.3 Å². The van der Waals surface area contributed by atoms with Gasteiger partial charge in [0.15, 0.2) is 5.03 Å². The molecular formula is C8H14N4O2S2. The van der Waals surface area contributed by atoms with Crippen LogP contribution in [0.5, 0.6) is 0 Å². The largest absolute Gasteiger partial charge is 0.392 e. The molecular weight excluding hydrogens is 248 g/mol. The lowest BCUT2D eigenvalue weighted by Crippen LogP contribution is -2.43. The van der Waals surface area contributed by atoms with Gasteiger partial charge in [-0.25, -0.2) is 8.42 Å². The maximum Gasteiger partial charge on any atom is 0.258 e. The third kappa shape index (κ3) is 3.26. The van der Waals surface area contributed by atoms with E-state index in [0.29, 0.717) is 6.42 Å². The molecule has 1 atom stereocenters. The van der Waals surface area contributed by atoms with E-state index in [0.717, 1.165) is 6.42 Å². The van der Waals surface area contributed by atoms with E-state index in [2.05, 4.69) is 14.9 Å². The van der Waals surface area contributed by atoms with E-state index in [1.54, 1.807) is 0 Å². The molecule has 0 aliphatic rings. The minimum absolute atomic E-state index is 0.00449. The minimum Gasteiger partial charge on any atom is -0.392 e. The molecule has 6 nitrogen and oxygen atoms in total. The fourth-order valence-corrected chi connectivity index (χ4v) is 2.60. The van der Waals surface area contributed by atoms with E-state index >= 15 is 0 Å². The molecule has 16 heavy (non-hydrogen) atoms. The topological polar surface area (TPSA) is 101 Å². The summed E-state index contributed by atoms with van der Waals surface area (Å²) in [5.41, 5.74) is 5.46. The lowest BCUT2D eigenvalue weighted by molar-refractivity contribution is 0.563. The summed E-state index contributed by atoms with van der Waals surface area (Å²) in [4.78, 5) is 0.143. The zero-order valence-corrected chi connectivity index (χ0v) is 10.4. The molecule has 0 aliphatic heterocycles. The van der Waals surface area contributed by atoms with Crippen molar-refractivity contribution >= 4 is 27.2 Å². The molecule has 0 fully saturated rings. The second kappa shape index (κ2) is 5.37. The van der Waals surface area contributed by atoms with Crippen LogP contribution in [0.25, 0.3) is 0 Å². The van der Waals surface area contributed by atoms with Gasteiger partial charge >= 0.3 is 0 Å². The third-order valence-electron chi connectivity index (χ3n) is 1.98. The lowest BCUT2D eigenvalue weighted by atomic mass is 10.2. The Labute approximate surface area is 99.7 Å². The first-order valence-electron chi connectivity index (χ1n) is 4.78.